The molecule has 3 atom stereocenters. The van der Waals surface area contributed by atoms with Crippen LogP contribution in [-0.2, 0) is 9.59 Å². The fourth-order valence-electron chi connectivity index (χ4n) is 3.18. The Balaban J connectivity index is 1.60. The average molecular weight is 317 g/mol. The Bertz CT molecular complexity index is 587. The SMILES string of the molecule is C[C@H](NC(=O)[C@H]1C[C@@H](O)CN1)c1ccc(N2CCCC2=O)cc1. The Hall–Kier alpha value is -1.92. The summed E-state index contributed by atoms with van der Waals surface area (Å²) in [6.45, 7) is 3.17. The summed E-state index contributed by atoms with van der Waals surface area (Å²) in [4.78, 5) is 25.7. The Labute approximate surface area is 135 Å². The van der Waals surface area contributed by atoms with E-state index in [4.69, 9.17) is 0 Å². The van der Waals surface area contributed by atoms with Gasteiger partial charge >= 0.3 is 0 Å². The van der Waals surface area contributed by atoms with E-state index in [-0.39, 0.29) is 23.9 Å². The molecule has 2 aliphatic heterocycles. The monoisotopic (exact) mass is 317 g/mol. The van der Waals surface area contributed by atoms with E-state index in [9.17, 15) is 14.7 Å². The number of hydrogen-bond acceptors (Lipinski definition) is 4. The van der Waals surface area contributed by atoms with Crippen molar-refractivity contribution in [1.29, 1.82) is 0 Å². The number of hydrogen-bond donors (Lipinski definition) is 3. The number of benzene rings is 1. The van der Waals surface area contributed by atoms with Crippen LogP contribution in [0.5, 0.6) is 0 Å². The van der Waals surface area contributed by atoms with Crippen LogP contribution in [0.15, 0.2) is 24.3 Å². The first-order chi connectivity index (χ1) is 11.0. The molecule has 2 heterocycles. The van der Waals surface area contributed by atoms with E-state index >= 15 is 0 Å². The molecule has 0 saturated carbocycles. The highest BCUT2D eigenvalue weighted by Gasteiger charge is 2.28. The van der Waals surface area contributed by atoms with Crippen molar-refractivity contribution >= 4 is 17.5 Å². The molecule has 0 bridgehead atoms. The van der Waals surface area contributed by atoms with Crippen LogP contribution in [0.1, 0.15) is 37.8 Å². The second-order valence-electron chi connectivity index (χ2n) is 6.32. The summed E-state index contributed by atoms with van der Waals surface area (Å²) in [6.07, 6.45) is 1.54. The van der Waals surface area contributed by atoms with Crippen LogP contribution in [0.2, 0.25) is 0 Å². The molecule has 0 spiro atoms. The Morgan fingerprint density at radius 2 is 2.13 bits per heavy atom. The first-order valence-electron chi connectivity index (χ1n) is 8.17. The van der Waals surface area contributed by atoms with E-state index in [2.05, 4.69) is 10.6 Å². The molecule has 2 saturated heterocycles. The smallest absolute Gasteiger partial charge is 0.237 e. The second kappa shape index (κ2) is 6.68. The van der Waals surface area contributed by atoms with E-state index in [0.29, 0.717) is 19.4 Å². The molecule has 0 aromatic heterocycles. The minimum atomic E-state index is -0.446. The van der Waals surface area contributed by atoms with Crippen molar-refractivity contribution < 1.29 is 14.7 Å². The van der Waals surface area contributed by atoms with Crippen molar-refractivity contribution in [2.24, 2.45) is 0 Å². The Kier molecular flexibility index (Phi) is 4.63. The lowest BCUT2D eigenvalue weighted by atomic mass is 10.1. The number of amides is 2. The summed E-state index contributed by atoms with van der Waals surface area (Å²) in [5.74, 6) is 0.0813. The van der Waals surface area contributed by atoms with Gasteiger partial charge in [0, 0.05) is 25.2 Å². The van der Waals surface area contributed by atoms with Gasteiger partial charge in [0.15, 0.2) is 0 Å². The lowest BCUT2D eigenvalue weighted by molar-refractivity contribution is -0.123. The second-order valence-corrected chi connectivity index (χ2v) is 6.32. The van der Waals surface area contributed by atoms with Crippen LogP contribution < -0.4 is 15.5 Å². The number of carbonyl (C=O) groups excluding carboxylic acids is 2. The number of rotatable bonds is 4. The van der Waals surface area contributed by atoms with Crippen molar-refractivity contribution in [2.75, 3.05) is 18.0 Å². The number of nitrogens with one attached hydrogen (secondary N) is 2. The van der Waals surface area contributed by atoms with Gasteiger partial charge in [-0.15, -0.1) is 0 Å². The predicted molar refractivity (Wildman–Crippen MR) is 87.0 cm³/mol. The molecule has 3 rings (SSSR count). The molecule has 23 heavy (non-hydrogen) atoms. The van der Waals surface area contributed by atoms with E-state index in [0.717, 1.165) is 24.2 Å². The van der Waals surface area contributed by atoms with Gasteiger partial charge in [0.2, 0.25) is 11.8 Å². The van der Waals surface area contributed by atoms with E-state index in [1.807, 2.05) is 31.2 Å². The fourth-order valence-corrected chi connectivity index (χ4v) is 3.18. The van der Waals surface area contributed by atoms with Gasteiger partial charge in [-0.3, -0.25) is 9.59 Å². The molecule has 0 radical (unpaired) electrons. The van der Waals surface area contributed by atoms with Gasteiger partial charge in [0.1, 0.15) is 0 Å². The third-order valence-corrected chi connectivity index (χ3v) is 4.56. The zero-order valence-corrected chi connectivity index (χ0v) is 13.3. The first kappa shape index (κ1) is 16.0. The number of carbonyl (C=O) groups is 2. The molecular weight excluding hydrogens is 294 g/mol. The molecule has 2 fully saturated rings. The summed E-state index contributed by atoms with van der Waals surface area (Å²) in [6, 6.07) is 7.31. The van der Waals surface area contributed by atoms with Gasteiger partial charge < -0.3 is 20.6 Å². The van der Waals surface area contributed by atoms with Crippen LogP contribution in [0.4, 0.5) is 5.69 Å². The Morgan fingerprint density at radius 3 is 2.70 bits per heavy atom. The standard InChI is InChI=1S/C17H23N3O3/c1-11(19-17(23)15-9-14(21)10-18-15)12-4-6-13(7-5-12)20-8-2-3-16(20)22/h4-7,11,14-15,18,21H,2-3,8-10H2,1H3,(H,19,23)/t11-,14+,15+/m0/s1. The maximum Gasteiger partial charge on any atom is 0.237 e. The summed E-state index contributed by atoms with van der Waals surface area (Å²) >= 11 is 0. The van der Waals surface area contributed by atoms with Crippen molar-refractivity contribution in [2.45, 2.75) is 44.4 Å². The lowest BCUT2D eigenvalue weighted by Crippen LogP contribution is -2.41. The highest BCUT2D eigenvalue weighted by atomic mass is 16.3. The van der Waals surface area contributed by atoms with E-state index < -0.39 is 6.10 Å². The molecule has 6 nitrogen and oxygen atoms in total. The highest BCUT2D eigenvalue weighted by Crippen LogP contribution is 2.23. The normalized spacial score (nSPS) is 25.7. The van der Waals surface area contributed by atoms with Crippen molar-refractivity contribution in [3.05, 3.63) is 29.8 Å². The summed E-state index contributed by atoms with van der Waals surface area (Å²) in [5, 5.41) is 15.5. The topological polar surface area (TPSA) is 81.7 Å². The van der Waals surface area contributed by atoms with Crippen LogP contribution in [0.25, 0.3) is 0 Å². The minimum absolute atomic E-state index is 0.0900. The zero-order chi connectivity index (χ0) is 16.4. The van der Waals surface area contributed by atoms with Gasteiger partial charge in [-0.1, -0.05) is 12.1 Å². The molecule has 3 N–H and O–H groups in total. The van der Waals surface area contributed by atoms with Gasteiger partial charge in [-0.05, 0) is 37.5 Å². The quantitative estimate of drug-likeness (QED) is 0.764. The number of β-amino-alcohol motifs (C(OH)–C–C–N with tert-alkyl or cyclic N) is 1. The molecule has 2 amide bonds. The predicted octanol–water partition coefficient (Wildman–Crippen LogP) is 0.713. The molecule has 6 heteroatoms. The molecule has 0 aliphatic carbocycles. The van der Waals surface area contributed by atoms with Gasteiger partial charge in [0.25, 0.3) is 0 Å². The molecule has 2 aliphatic rings. The van der Waals surface area contributed by atoms with Crippen LogP contribution in [-0.4, -0.2) is 42.2 Å². The zero-order valence-electron chi connectivity index (χ0n) is 13.3. The van der Waals surface area contributed by atoms with Gasteiger partial charge in [-0.25, -0.2) is 0 Å². The molecule has 0 unspecified atom stereocenters. The third-order valence-electron chi connectivity index (χ3n) is 4.56. The van der Waals surface area contributed by atoms with Gasteiger partial charge in [0.05, 0.1) is 18.2 Å². The molecule has 1 aromatic rings. The first-order valence-corrected chi connectivity index (χ1v) is 8.17. The third kappa shape index (κ3) is 3.54. The van der Waals surface area contributed by atoms with Crippen LogP contribution in [0.3, 0.4) is 0 Å². The fraction of sp³-hybridized carbons (Fsp3) is 0.529. The van der Waals surface area contributed by atoms with Gasteiger partial charge in [-0.2, -0.15) is 0 Å². The molecular formula is C17H23N3O3. The maximum atomic E-state index is 12.2. The maximum absolute atomic E-state index is 12.2. The summed E-state index contributed by atoms with van der Waals surface area (Å²) < 4.78 is 0. The summed E-state index contributed by atoms with van der Waals surface area (Å²) in [7, 11) is 0. The van der Waals surface area contributed by atoms with Crippen LogP contribution >= 0.6 is 0 Å². The number of nitrogens with zero attached hydrogens (tertiary/aromatic N) is 1. The largest absolute Gasteiger partial charge is 0.392 e. The van der Waals surface area contributed by atoms with Crippen molar-refractivity contribution in [1.82, 2.24) is 10.6 Å². The molecule has 1 aromatic carbocycles. The van der Waals surface area contributed by atoms with Crippen molar-refractivity contribution in [3.8, 4) is 0 Å². The lowest BCUT2D eigenvalue weighted by Gasteiger charge is -2.20. The summed E-state index contributed by atoms with van der Waals surface area (Å²) in [5.41, 5.74) is 1.91. The van der Waals surface area contributed by atoms with E-state index in [1.54, 1.807) is 4.90 Å². The van der Waals surface area contributed by atoms with E-state index in [1.165, 1.54) is 0 Å². The van der Waals surface area contributed by atoms with Crippen molar-refractivity contribution in [3.63, 3.8) is 0 Å². The average Bonchev–Trinajstić information content (AvgIpc) is 3.16. The highest BCUT2D eigenvalue weighted by molar-refractivity contribution is 5.95. The number of anilines is 1. The Morgan fingerprint density at radius 1 is 1.39 bits per heavy atom. The minimum Gasteiger partial charge on any atom is -0.392 e. The number of aliphatic hydroxyl groups excluding tert-OH is 1. The molecule has 124 valence electrons. The number of aliphatic hydroxyl groups is 1. The van der Waals surface area contributed by atoms with Crippen LogP contribution in [0, 0.1) is 0 Å².